The molecule has 6 heteroatoms. The maximum atomic E-state index is 12.9. The number of likely N-dealkylation sites (tertiary alicyclic amines) is 1. The molecule has 0 saturated carbocycles. The Morgan fingerprint density at radius 1 is 1.39 bits per heavy atom. The number of rotatable bonds is 2. The monoisotopic (exact) mass is 317 g/mol. The SMILES string of the molecule is O=C(c1ccn[nH]1)N1CCC[C@@]2(C3=CCOCC3)COCC[C@H]12. The van der Waals surface area contributed by atoms with Crippen molar-refractivity contribution < 1.29 is 14.3 Å². The summed E-state index contributed by atoms with van der Waals surface area (Å²) < 4.78 is 11.4. The van der Waals surface area contributed by atoms with Gasteiger partial charge in [-0.1, -0.05) is 11.6 Å². The highest BCUT2D eigenvalue weighted by molar-refractivity contribution is 5.92. The van der Waals surface area contributed by atoms with E-state index in [1.54, 1.807) is 12.3 Å². The Kier molecular flexibility index (Phi) is 3.95. The largest absolute Gasteiger partial charge is 0.380 e. The zero-order valence-electron chi connectivity index (χ0n) is 13.3. The summed E-state index contributed by atoms with van der Waals surface area (Å²) in [5.74, 6) is 0.0612. The van der Waals surface area contributed by atoms with E-state index in [0.717, 1.165) is 52.0 Å². The smallest absolute Gasteiger partial charge is 0.272 e. The maximum absolute atomic E-state index is 12.9. The number of hydrogen-bond donors (Lipinski definition) is 1. The van der Waals surface area contributed by atoms with E-state index in [9.17, 15) is 4.79 Å². The van der Waals surface area contributed by atoms with E-state index in [4.69, 9.17) is 9.47 Å². The Labute approximate surface area is 135 Å². The molecule has 2 atom stereocenters. The minimum absolute atomic E-state index is 0.0318. The van der Waals surface area contributed by atoms with E-state index in [2.05, 4.69) is 21.2 Å². The van der Waals surface area contributed by atoms with Crippen LogP contribution in [0.4, 0.5) is 0 Å². The van der Waals surface area contributed by atoms with Gasteiger partial charge >= 0.3 is 0 Å². The fourth-order valence-corrected chi connectivity index (χ4v) is 4.45. The summed E-state index contributed by atoms with van der Waals surface area (Å²) in [7, 11) is 0. The second-order valence-corrected chi connectivity index (χ2v) is 6.64. The number of nitrogens with one attached hydrogen (secondary N) is 1. The summed E-state index contributed by atoms with van der Waals surface area (Å²) in [5, 5.41) is 6.74. The molecule has 1 aromatic rings. The number of H-pyrrole nitrogens is 1. The molecule has 0 aromatic carbocycles. The lowest BCUT2D eigenvalue weighted by molar-refractivity contribution is -0.0740. The minimum Gasteiger partial charge on any atom is -0.380 e. The fourth-order valence-electron chi connectivity index (χ4n) is 4.45. The van der Waals surface area contributed by atoms with Crippen LogP contribution in [0, 0.1) is 5.41 Å². The predicted octanol–water partition coefficient (Wildman–Crippen LogP) is 1.77. The number of hydrogen-bond acceptors (Lipinski definition) is 4. The molecule has 0 radical (unpaired) electrons. The molecule has 3 aliphatic heterocycles. The highest BCUT2D eigenvalue weighted by Gasteiger charge is 2.50. The van der Waals surface area contributed by atoms with Crippen LogP contribution in [-0.4, -0.2) is 60.0 Å². The number of piperidine rings is 1. The van der Waals surface area contributed by atoms with Crippen LogP contribution in [0.1, 0.15) is 36.2 Å². The number of amides is 1. The van der Waals surface area contributed by atoms with Crippen molar-refractivity contribution in [3.05, 3.63) is 29.6 Å². The molecule has 0 aliphatic carbocycles. The average molecular weight is 317 g/mol. The van der Waals surface area contributed by atoms with Crippen molar-refractivity contribution >= 4 is 5.91 Å². The van der Waals surface area contributed by atoms with Crippen LogP contribution < -0.4 is 0 Å². The fraction of sp³-hybridized carbons (Fsp3) is 0.647. The highest BCUT2D eigenvalue weighted by atomic mass is 16.5. The zero-order valence-corrected chi connectivity index (χ0v) is 13.3. The predicted molar refractivity (Wildman–Crippen MR) is 84.0 cm³/mol. The van der Waals surface area contributed by atoms with Gasteiger partial charge < -0.3 is 14.4 Å². The number of aromatic amines is 1. The van der Waals surface area contributed by atoms with Gasteiger partial charge in [-0.25, -0.2) is 0 Å². The first-order chi connectivity index (χ1) is 11.3. The lowest BCUT2D eigenvalue weighted by atomic mass is 9.65. The Morgan fingerprint density at radius 3 is 3.13 bits per heavy atom. The number of carbonyl (C=O) groups is 1. The molecule has 2 fully saturated rings. The van der Waals surface area contributed by atoms with Crippen LogP contribution >= 0.6 is 0 Å². The number of ether oxygens (including phenoxy) is 2. The van der Waals surface area contributed by atoms with Gasteiger partial charge in [0, 0.05) is 30.8 Å². The van der Waals surface area contributed by atoms with Crippen LogP contribution in [0.15, 0.2) is 23.9 Å². The third-order valence-electron chi connectivity index (χ3n) is 5.53. The summed E-state index contributed by atoms with van der Waals surface area (Å²) in [6.07, 6.45) is 7.81. The highest BCUT2D eigenvalue weighted by Crippen LogP contribution is 2.48. The van der Waals surface area contributed by atoms with Crippen LogP contribution in [0.5, 0.6) is 0 Å². The number of fused-ring (bicyclic) bond motifs is 1. The summed E-state index contributed by atoms with van der Waals surface area (Å²) in [4.78, 5) is 15.0. The standard InChI is InChI=1S/C17H23N3O3/c21-16(14-2-7-18-19-14)20-8-1-6-17(12-23-11-5-15(17)20)13-3-9-22-10-4-13/h2-3,7,15H,1,4-6,8-12H2,(H,18,19)/t15-,17-/m0/s1. The number of aromatic nitrogens is 2. The van der Waals surface area contributed by atoms with Crippen LogP contribution in [0.3, 0.4) is 0 Å². The second kappa shape index (κ2) is 6.09. The van der Waals surface area contributed by atoms with Crippen molar-refractivity contribution in [2.24, 2.45) is 5.41 Å². The third-order valence-corrected chi connectivity index (χ3v) is 5.53. The molecule has 23 heavy (non-hydrogen) atoms. The molecule has 1 aromatic heterocycles. The molecule has 3 aliphatic rings. The molecule has 124 valence electrons. The average Bonchev–Trinajstić information content (AvgIpc) is 3.16. The normalized spacial score (nSPS) is 31.4. The van der Waals surface area contributed by atoms with E-state index in [1.807, 2.05) is 0 Å². The molecule has 0 spiro atoms. The summed E-state index contributed by atoms with van der Waals surface area (Å²) in [5.41, 5.74) is 1.97. The Hall–Kier alpha value is -1.66. The van der Waals surface area contributed by atoms with Gasteiger partial charge in [0.1, 0.15) is 5.69 Å². The lowest BCUT2D eigenvalue weighted by Crippen LogP contribution is -2.59. The van der Waals surface area contributed by atoms with Crippen molar-refractivity contribution in [3.8, 4) is 0 Å². The van der Waals surface area contributed by atoms with Gasteiger partial charge in [-0.2, -0.15) is 5.10 Å². The molecule has 4 rings (SSSR count). The third kappa shape index (κ3) is 2.50. The molecular weight excluding hydrogens is 294 g/mol. The van der Waals surface area contributed by atoms with E-state index >= 15 is 0 Å². The van der Waals surface area contributed by atoms with Crippen LogP contribution in [0.2, 0.25) is 0 Å². The van der Waals surface area contributed by atoms with Gasteiger partial charge in [0.25, 0.3) is 5.91 Å². The van der Waals surface area contributed by atoms with Crippen molar-refractivity contribution in [3.63, 3.8) is 0 Å². The lowest BCUT2D eigenvalue weighted by Gasteiger charge is -2.54. The van der Waals surface area contributed by atoms with Crippen molar-refractivity contribution in [2.45, 2.75) is 31.7 Å². The number of carbonyl (C=O) groups excluding carboxylic acids is 1. The molecular formula is C17H23N3O3. The second-order valence-electron chi connectivity index (χ2n) is 6.64. The summed E-state index contributed by atoms with van der Waals surface area (Å²) in [6, 6.07) is 1.97. The molecule has 6 nitrogen and oxygen atoms in total. The zero-order chi connectivity index (χ0) is 15.7. The first-order valence-electron chi connectivity index (χ1n) is 8.47. The van der Waals surface area contributed by atoms with Gasteiger partial charge in [0.15, 0.2) is 0 Å². The van der Waals surface area contributed by atoms with Crippen molar-refractivity contribution in [1.29, 1.82) is 0 Å². The van der Waals surface area contributed by atoms with Crippen molar-refractivity contribution in [1.82, 2.24) is 15.1 Å². The maximum Gasteiger partial charge on any atom is 0.272 e. The first kappa shape index (κ1) is 14.9. The van der Waals surface area contributed by atoms with E-state index in [0.29, 0.717) is 12.3 Å². The molecule has 1 amide bonds. The van der Waals surface area contributed by atoms with Gasteiger partial charge in [-0.15, -0.1) is 0 Å². The van der Waals surface area contributed by atoms with Gasteiger partial charge in [0.2, 0.25) is 0 Å². The molecule has 2 saturated heterocycles. The summed E-state index contributed by atoms with van der Waals surface area (Å²) >= 11 is 0. The van der Waals surface area contributed by atoms with Crippen LogP contribution in [-0.2, 0) is 9.47 Å². The number of nitrogens with zero attached hydrogens (tertiary/aromatic N) is 2. The molecule has 0 unspecified atom stereocenters. The van der Waals surface area contributed by atoms with Crippen LogP contribution in [0.25, 0.3) is 0 Å². The van der Waals surface area contributed by atoms with E-state index in [-0.39, 0.29) is 17.4 Å². The van der Waals surface area contributed by atoms with Gasteiger partial charge in [-0.3, -0.25) is 9.89 Å². The summed E-state index contributed by atoms with van der Waals surface area (Å²) in [6.45, 7) is 3.71. The van der Waals surface area contributed by atoms with E-state index in [1.165, 1.54) is 5.57 Å². The van der Waals surface area contributed by atoms with E-state index < -0.39 is 0 Å². The topological polar surface area (TPSA) is 67.5 Å². The molecule has 4 heterocycles. The molecule has 1 N–H and O–H groups in total. The van der Waals surface area contributed by atoms with Gasteiger partial charge in [-0.05, 0) is 31.7 Å². The minimum atomic E-state index is -0.0318. The quantitative estimate of drug-likeness (QED) is 0.844. The Balaban J connectivity index is 1.67. The van der Waals surface area contributed by atoms with Crippen molar-refractivity contribution in [2.75, 3.05) is 33.0 Å². The Morgan fingerprint density at radius 2 is 2.35 bits per heavy atom. The first-order valence-corrected chi connectivity index (χ1v) is 8.47. The molecule has 0 bridgehead atoms. The van der Waals surface area contributed by atoms with Gasteiger partial charge in [0.05, 0.1) is 19.8 Å². The Bertz CT molecular complexity index is 594.